The number of carboxylic acids is 1. The van der Waals surface area contributed by atoms with Crippen molar-refractivity contribution >= 4 is 28.6 Å². The molecule has 0 unspecified atom stereocenters. The molecule has 82 valence electrons. The molecule has 1 aromatic heterocycles. The summed E-state index contributed by atoms with van der Waals surface area (Å²) < 4.78 is 24.9. The second-order valence-corrected chi connectivity index (χ2v) is 3.83. The van der Waals surface area contributed by atoms with E-state index >= 15 is 0 Å². The van der Waals surface area contributed by atoms with E-state index in [1.807, 2.05) is 0 Å². The Kier molecular flexibility index (Phi) is 3.77. The Labute approximate surface area is 96.5 Å². The van der Waals surface area contributed by atoms with Gasteiger partial charge >= 0.3 is 5.97 Å². The summed E-state index contributed by atoms with van der Waals surface area (Å²) in [4.78, 5) is 23.6. The zero-order chi connectivity index (χ0) is 11.6. The number of carboxylic acid groups (broad SMARTS) is 1. The van der Waals surface area contributed by atoms with Crippen LogP contribution in [0.3, 0.4) is 0 Å². The van der Waals surface area contributed by atoms with Crippen LogP contribution in [0.25, 0.3) is 0 Å². The largest absolute Gasteiger partial charge is 0.481 e. The van der Waals surface area contributed by atoms with Crippen LogP contribution in [0.1, 0.15) is 17.7 Å². The predicted molar refractivity (Wildman–Crippen MR) is 56.1 cm³/mol. The highest BCUT2D eigenvalue weighted by atomic mass is 127. The first-order chi connectivity index (χ1) is 6.91. The first-order valence-electron chi connectivity index (χ1n) is 3.83. The molecule has 0 bridgehead atoms. The van der Waals surface area contributed by atoms with E-state index in [9.17, 15) is 18.4 Å². The van der Waals surface area contributed by atoms with Crippen molar-refractivity contribution in [3.05, 3.63) is 31.2 Å². The molecule has 0 amide bonds. The van der Waals surface area contributed by atoms with Crippen molar-refractivity contribution in [3.8, 4) is 0 Å². The van der Waals surface area contributed by atoms with Crippen LogP contribution in [0.4, 0.5) is 8.78 Å². The van der Waals surface area contributed by atoms with Crippen LogP contribution in [0, 0.1) is 3.57 Å². The number of carbonyl (C=O) groups is 1. The number of hydrogen-bond acceptors (Lipinski definition) is 2. The fraction of sp³-hybridized carbons (Fsp3) is 0.250. The number of hydrogen-bond donors (Lipinski definition) is 2. The lowest BCUT2D eigenvalue weighted by atomic mass is 10.2. The molecule has 2 N–H and O–H groups in total. The van der Waals surface area contributed by atoms with Gasteiger partial charge in [-0.2, -0.15) is 0 Å². The Morgan fingerprint density at radius 2 is 2.20 bits per heavy atom. The molecule has 0 radical (unpaired) electrons. The molecule has 0 aliphatic carbocycles. The van der Waals surface area contributed by atoms with Crippen LogP contribution in [-0.4, -0.2) is 16.1 Å². The minimum absolute atomic E-state index is 0.00546. The Morgan fingerprint density at radius 1 is 1.60 bits per heavy atom. The lowest BCUT2D eigenvalue weighted by molar-refractivity contribution is -0.136. The molecule has 0 fully saturated rings. The van der Waals surface area contributed by atoms with Gasteiger partial charge in [0.25, 0.3) is 6.43 Å². The van der Waals surface area contributed by atoms with Gasteiger partial charge in [0.1, 0.15) is 0 Å². The molecule has 0 aliphatic rings. The molecule has 1 rings (SSSR count). The van der Waals surface area contributed by atoms with Gasteiger partial charge in [-0.1, -0.05) is 0 Å². The summed E-state index contributed by atoms with van der Waals surface area (Å²) in [6.07, 6.45) is -3.26. The van der Waals surface area contributed by atoms with Gasteiger partial charge in [0, 0.05) is 20.9 Å². The second kappa shape index (κ2) is 4.69. The molecule has 1 aromatic rings. The number of aromatic nitrogens is 1. The Morgan fingerprint density at radius 3 is 2.67 bits per heavy atom. The minimum atomic E-state index is -2.79. The first kappa shape index (κ1) is 12.1. The van der Waals surface area contributed by atoms with Crippen LogP contribution in [0.2, 0.25) is 0 Å². The van der Waals surface area contributed by atoms with Crippen molar-refractivity contribution in [3.63, 3.8) is 0 Å². The van der Waals surface area contributed by atoms with Gasteiger partial charge in [0.05, 0.1) is 6.42 Å². The summed E-state index contributed by atoms with van der Waals surface area (Å²) in [6, 6.07) is 0.776. The molecular weight excluding hydrogens is 323 g/mol. The lowest BCUT2D eigenvalue weighted by Crippen LogP contribution is -2.15. The van der Waals surface area contributed by atoms with Crippen LogP contribution in [0.5, 0.6) is 0 Å². The van der Waals surface area contributed by atoms with Crippen molar-refractivity contribution < 1.29 is 18.7 Å². The second-order valence-electron chi connectivity index (χ2n) is 2.75. The van der Waals surface area contributed by atoms with E-state index in [1.165, 1.54) is 0 Å². The van der Waals surface area contributed by atoms with Crippen LogP contribution >= 0.6 is 22.6 Å². The first-order valence-corrected chi connectivity index (χ1v) is 4.91. The summed E-state index contributed by atoms with van der Waals surface area (Å²) in [5.41, 5.74) is -1.15. The standard InChI is InChI=1S/C8H6F2INO3/c9-8(10)3-1-5(13)12-4(7(3)11)2-6(14)15/h1,8H,2H2,(H,12,13)(H,14,15). The van der Waals surface area contributed by atoms with Crippen LogP contribution in [0.15, 0.2) is 10.9 Å². The van der Waals surface area contributed by atoms with Crippen molar-refractivity contribution in [2.24, 2.45) is 0 Å². The number of nitrogens with one attached hydrogen (secondary N) is 1. The maximum Gasteiger partial charge on any atom is 0.309 e. The van der Waals surface area contributed by atoms with Crippen molar-refractivity contribution in [1.82, 2.24) is 4.98 Å². The Bertz CT molecular complexity index is 444. The molecule has 0 aromatic carbocycles. The highest BCUT2D eigenvalue weighted by Crippen LogP contribution is 2.24. The molecule has 4 nitrogen and oxygen atoms in total. The van der Waals surface area contributed by atoms with E-state index in [-0.39, 0.29) is 9.26 Å². The fourth-order valence-corrected chi connectivity index (χ4v) is 1.77. The smallest absolute Gasteiger partial charge is 0.309 e. The quantitative estimate of drug-likeness (QED) is 0.827. The fourth-order valence-electron chi connectivity index (χ4n) is 1.05. The molecule has 0 spiro atoms. The monoisotopic (exact) mass is 329 g/mol. The summed E-state index contributed by atoms with van der Waals surface area (Å²) in [7, 11) is 0. The number of H-pyrrole nitrogens is 1. The van der Waals surface area contributed by atoms with Crippen molar-refractivity contribution in [2.75, 3.05) is 0 Å². The van der Waals surface area contributed by atoms with Crippen LogP contribution in [-0.2, 0) is 11.2 Å². The molecule has 15 heavy (non-hydrogen) atoms. The minimum Gasteiger partial charge on any atom is -0.481 e. The highest BCUT2D eigenvalue weighted by Gasteiger charge is 2.17. The highest BCUT2D eigenvalue weighted by molar-refractivity contribution is 14.1. The average Bonchev–Trinajstić information content (AvgIpc) is 2.09. The maximum absolute atomic E-state index is 12.4. The van der Waals surface area contributed by atoms with Crippen molar-refractivity contribution in [1.29, 1.82) is 0 Å². The van der Waals surface area contributed by atoms with Crippen molar-refractivity contribution in [2.45, 2.75) is 12.8 Å². The average molecular weight is 329 g/mol. The zero-order valence-electron chi connectivity index (χ0n) is 7.26. The normalized spacial score (nSPS) is 10.7. The maximum atomic E-state index is 12.4. The van der Waals surface area contributed by atoms with Gasteiger partial charge in [-0.25, -0.2) is 8.78 Å². The topological polar surface area (TPSA) is 70.2 Å². The number of aromatic amines is 1. The van der Waals surface area contributed by atoms with Gasteiger partial charge < -0.3 is 10.1 Å². The Balaban J connectivity index is 3.28. The van der Waals surface area contributed by atoms with Gasteiger partial charge in [-0.15, -0.1) is 0 Å². The molecule has 1 heterocycles. The molecular formula is C8H6F2INO3. The third-order valence-corrected chi connectivity index (χ3v) is 2.92. The molecule has 0 saturated carbocycles. The Hall–Kier alpha value is -0.990. The number of halogens is 3. The van der Waals surface area contributed by atoms with Gasteiger partial charge in [0.2, 0.25) is 5.56 Å². The van der Waals surface area contributed by atoms with Gasteiger partial charge in [0.15, 0.2) is 0 Å². The van der Waals surface area contributed by atoms with Gasteiger partial charge in [-0.05, 0) is 22.6 Å². The summed E-state index contributed by atoms with van der Waals surface area (Å²) >= 11 is 1.59. The summed E-state index contributed by atoms with van der Waals surface area (Å²) in [5.74, 6) is -1.19. The molecule has 0 aliphatic heterocycles. The van der Waals surface area contributed by atoms with E-state index in [2.05, 4.69) is 4.98 Å². The summed E-state index contributed by atoms with van der Waals surface area (Å²) in [6.45, 7) is 0. The van der Waals surface area contributed by atoms with E-state index in [1.54, 1.807) is 22.6 Å². The van der Waals surface area contributed by atoms with E-state index in [0.717, 1.165) is 6.07 Å². The van der Waals surface area contributed by atoms with E-state index in [4.69, 9.17) is 5.11 Å². The van der Waals surface area contributed by atoms with E-state index in [0.29, 0.717) is 0 Å². The van der Waals surface area contributed by atoms with Crippen LogP contribution < -0.4 is 5.56 Å². The number of aliphatic carboxylic acids is 1. The molecule has 0 saturated heterocycles. The number of alkyl halides is 2. The third kappa shape index (κ3) is 2.98. The van der Waals surface area contributed by atoms with Gasteiger partial charge in [-0.3, -0.25) is 9.59 Å². The molecule has 7 heteroatoms. The summed E-state index contributed by atoms with van der Waals surface area (Å²) in [5, 5.41) is 8.50. The lowest BCUT2D eigenvalue weighted by Gasteiger charge is -2.06. The third-order valence-electron chi connectivity index (χ3n) is 1.64. The molecule has 0 atom stereocenters. The number of pyridine rings is 1. The van der Waals surface area contributed by atoms with E-state index < -0.39 is 29.9 Å². The SMILES string of the molecule is O=C(O)Cc1[nH]c(=O)cc(C(F)F)c1I. The number of rotatable bonds is 3. The predicted octanol–water partition coefficient (Wildman–Crippen LogP) is 1.54. The zero-order valence-corrected chi connectivity index (χ0v) is 9.42.